The van der Waals surface area contributed by atoms with Gasteiger partial charge in [0.05, 0.1) is 12.7 Å². The van der Waals surface area contributed by atoms with E-state index in [2.05, 4.69) is 17.6 Å². The van der Waals surface area contributed by atoms with Crippen LogP contribution in [0.1, 0.15) is 68.6 Å². The van der Waals surface area contributed by atoms with Gasteiger partial charge in [0.2, 0.25) is 0 Å². The fraction of sp³-hybridized carbons (Fsp3) is 0.652. The molecule has 2 aliphatic rings. The Bertz CT molecular complexity index is 654. The second-order valence-electron chi connectivity index (χ2n) is 8.34. The Morgan fingerprint density at radius 3 is 2.38 bits per heavy atom. The Labute approximate surface area is 174 Å². The first-order valence-corrected chi connectivity index (χ1v) is 11.2. The predicted octanol–water partition coefficient (Wildman–Crippen LogP) is 4.42. The van der Waals surface area contributed by atoms with Crippen molar-refractivity contribution in [2.24, 2.45) is 5.92 Å². The van der Waals surface area contributed by atoms with E-state index in [1.807, 2.05) is 4.90 Å². The predicted molar refractivity (Wildman–Crippen MR) is 115 cm³/mol. The number of rotatable bonds is 6. The SMILES string of the molecule is C[C@@H]1CCCC[C@H]1OCCNC(=O)Nc1ccc(C(=O)N2CCCCCC2)cc1. The molecule has 0 spiro atoms. The maximum absolute atomic E-state index is 12.6. The molecule has 0 aromatic heterocycles. The minimum atomic E-state index is -0.253. The lowest BCUT2D eigenvalue weighted by Crippen LogP contribution is -2.34. The third kappa shape index (κ3) is 6.74. The van der Waals surface area contributed by atoms with E-state index in [4.69, 9.17) is 4.74 Å². The van der Waals surface area contributed by atoms with Crippen LogP contribution in [0.2, 0.25) is 0 Å². The molecule has 1 aliphatic carbocycles. The number of benzene rings is 1. The van der Waals surface area contributed by atoms with Gasteiger partial charge in [-0.05, 0) is 55.9 Å². The quantitative estimate of drug-likeness (QED) is 0.693. The Morgan fingerprint density at radius 2 is 1.69 bits per heavy atom. The number of carbonyl (C=O) groups excluding carboxylic acids is 2. The van der Waals surface area contributed by atoms with E-state index in [1.165, 1.54) is 32.1 Å². The van der Waals surface area contributed by atoms with E-state index in [9.17, 15) is 9.59 Å². The van der Waals surface area contributed by atoms with Crippen LogP contribution in [0.25, 0.3) is 0 Å². The number of nitrogens with one attached hydrogen (secondary N) is 2. The number of carbonyl (C=O) groups is 2. The summed E-state index contributed by atoms with van der Waals surface area (Å²) in [5.74, 6) is 0.685. The molecule has 3 rings (SSSR count). The van der Waals surface area contributed by atoms with Crippen molar-refractivity contribution in [3.05, 3.63) is 29.8 Å². The van der Waals surface area contributed by atoms with Gasteiger partial charge in [-0.3, -0.25) is 4.79 Å². The molecule has 6 heteroatoms. The van der Waals surface area contributed by atoms with Crippen LogP contribution >= 0.6 is 0 Å². The van der Waals surface area contributed by atoms with Crippen LogP contribution in [0.4, 0.5) is 10.5 Å². The average Bonchev–Trinajstić information content (AvgIpc) is 3.02. The van der Waals surface area contributed by atoms with Gasteiger partial charge in [-0.2, -0.15) is 0 Å². The molecule has 160 valence electrons. The third-order valence-electron chi connectivity index (χ3n) is 6.04. The second kappa shape index (κ2) is 11.2. The standard InChI is InChI=1S/C23H35N3O3/c1-18-8-4-5-9-21(18)29-17-14-24-23(28)25-20-12-10-19(11-13-20)22(27)26-15-6-2-3-7-16-26/h10-13,18,21H,2-9,14-17H2,1H3,(H2,24,25,28)/t18-,21-/m1/s1. The molecule has 0 bridgehead atoms. The molecular formula is C23H35N3O3. The molecule has 1 saturated carbocycles. The van der Waals surface area contributed by atoms with Crippen molar-refractivity contribution >= 4 is 17.6 Å². The fourth-order valence-electron chi connectivity index (χ4n) is 4.23. The lowest BCUT2D eigenvalue weighted by atomic mass is 9.88. The number of hydrogen-bond acceptors (Lipinski definition) is 3. The van der Waals surface area contributed by atoms with Crippen molar-refractivity contribution in [1.82, 2.24) is 10.2 Å². The summed E-state index contributed by atoms with van der Waals surface area (Å²) in [7, 11) is 0. The maximum atomic E-state index is 12.6. The zero-order valence-electron chi connectivity index (χ0n) is 17.6. The van der Waals surface area contributed by atoms with Crippen molar-refractivity contribution in [2.75, 3.05) is 31.6 Å². The lowest BCUT2D eigenvalue weighted by Gasteiger charge is -2.28. The Morgan fingerprint density at radius 1 is 1.00 bits per heavy atom. The summed E-state index contributed by atoms with van der Waals surface area (Å²) < 4.78 is 5.92. The molecule has 0 radical (unpaired) electrons. The van der Waals surface area contributed by atoms with Gasteiger partial charge in [0.15, 0.2) is 0 Å². The molecule has 6 nitrogen and oxygen atoms in total. The van der Waals surface area contributed by atoms with Crippen LogP contribution in [0, 0.1) is 5.92 Å². The molecule has 0 unspecified atom stereocenters. The zero-order valence-corrected chi connectivity index (χ0v) is 17.6. The highest BCUT2D eigenvalue weighted by Crippen LogP contribution is 2.26. The van der Waals surface area contributed by atoms with Gasteiger partial charge >= 0.3 is 6.03 Å². The van der Waals surface area contributed by atoms with Gasteiger partial charge in [-0.1, -0.05) is 32.6 Å². The van der Waals surface area contributed by atoms with Crippen molar-refractivity contribution < 1.29 is 14.3 Å². The van der Waals surface area contributed by atoms with E-state index in [-0.39, 0.29) is 11.9 Å². The van der Waals surface area contributed by atoms with Gasteiger partial charge in [0, 0.05) is 30.9 Å². The molecule has 29 heavy (non-hydrogen) atoms. The summed E-state index contributed by atoms with van der Waals surface area (Å²) in [6, 6.07) is 6.89. The number of likely N-dealkylation sites (tertiary alicyclic amines) is 1. The van der Waals surface area contributed by atoms with Crippen molar-refractivity contribution in [2.45, 2.75) is 64.4 Å². The highest BCUT2D eigenvalue weighted by molar-refractivity contribution is 5.95. The van der Waals surface area contributed by atoms with Crippen LogP contribution in [-0.2, 0) is 4.74 Å². The summed E-state index contributed by atoms with van der Waals surface area (Å²) >= 11 is 0. The maximum Gasteiger partial charge on any atom is 0.319 e. The van der Waals surface area contributed by atoms with Crippen LogP contribution in [0.3, 0.4) is 0 Å². The first-order valence-electron chi connectivity index (χ1n) is 11.2. The largest absolute Gasteiger partial charge is 0.376 e. The molecule has 2 atom stereocenters. The normalized spacial score (nSPS) is 22.6. The number of anilines is 1. The van der Waals surface area contributed by atoms with Gasteiger partial charge < -0.3 is 20.3 Å². The lowest BCUT2D eigenvalue weighted by molar-refractivity contribution is -0.00232. The Kier molecular flexibility index (Phi) is 8.35. The van der Waals surface area contributed by atoms with E-state index in [1.54, 1.807) is 24.3 Å². The van der Waals surface area contributed by atoms with Crippen molar-refractivity contribution in [3.63, 3.8) is 0 Å². The topological polar surface area (TPSA) is 70.7 Å². The third-order valence-corrected chi connectivity index (χ3v) is 6.04. The minimum absolute atomic E-state index is 0.0805. The monoisotopic (exact) mass is 401 g/mol. The summed E-state index contributed by atoms with van der Waals surface area (Å²) in [5.41, 5.74) is 1.35. The van der Waals surface area contributed by atoms with Gasteiger partial charge in [0.25, 0.3) is 5.91 Å². The number of ether oxygens (including phenoxy) is 1. The summed E-state index contributed by atoms with van der Waals surface area (Å²) in [4.78, 5) is 26.6. The number of hydrogen-bond donors (Lipinski definition) is 2. The molecule has 1 saturated heterocycles. The molecule has 1 aromatic carbocycles. The molecule has 1 heterocycles. The highest BCUT2D eigenvalue weighted by Gasteiger charge is 2.21. The minimum Gasteiger partial charge on any atom is -0.376 e. The number of amides is 3. The second-order valence-corrected chi connectivity index (χ2v) is 8.34. The molecule has 2 fully saturated rings. The Hall–Kier alpha value is -2.08. The number of urea groups is 1. The summed E-state index contributed by atoms with van der Waals surface area (Å²) in [5, 5.41) is 5.65. The van der Waals surface area contributed by atoms with Crippen molar-refractivity contribution in [1.29, 1.82) is 0 Å². The molecular weight excluding hydrogens is 366 g/mol. The first kappa shape index (κ1) is 21.6. The van der Waals surface area contributed by atoms with Gasteiger partial charge in [-0.25, -0.2) is 4.79 Å². The zero-order chi connectivity index (χ0) is 20.5. The Balaban J connectivity index is 1.38. The van der Waals surface area contributed by atoms with Crippen LogP contribution in [0.5, 0.6) is 0 Å². The smallest absolute Gasteiger partial charge is 0.319 e. The van der Waals surface area contributed by atoms with Gasteiger partial charge in [-0.15, -0.1) is 0 Å². The van der Waals surface area contributed by atoms with E-state index >= 15 is 0 Å². The first-order chi connectivity index (χ1) is 14.1. The van der Waals surface area contributed by atoms with E-state index in [0.29, 0.717) is 36.4 Å². The van der Waals surface area contributed by atoms with Crippen molar-refractivity contribution in [3.8, 4) is 0 Å². The highest BCUT2D eigenvalue weighted by atomic mass is 16.5. The molecule has 1 aliphatic heterocycles. The van der Waals surface area contributed by atoms with Crippen LogP contribution in [-0.4, -0.2) is 49.2 Å². The average molecular weight is 402 g/mol. The molecule has 3 amide bonds. The fourth-order valence-corrected chi connectivity index (χ4v) is 4.23. The van der Waals surface area contributed by atoms with E-state index in [0.717, 1.165) is 32.4 Å². The summed E-state index contributed by atoms with van der Waals surface area (Å²) in [6.45, 7) is 4.93. The summed E-state index contributed by atoms with van der Waals surface area (Å²) in [6.07, 6.45) is 9.76. The molecule has 2 N–H and O–H groups in total. The number of nitrogens with zero attached hydrogens (tertiary/aromatic N) is 1. The van der Waals surface area contributed by atoms with Gasteiger partial charge in [0.1, 0.15) is 0 Å². The van der Waals surface area contributed by atoms with E-state index < -0.39 is 0 Å². The van der Waals surface area contributed by atoms with Crippen LogP contribution < -0.4 is 10.6 Å². The molecule has 1 aromatic rings. The van der Waals surface area contributed by atoms with Crippen LogP contribution in [0.15, 0.2) is 24.3 Å².